The molecule has 0 atom stereocenters. The molecule has 1 aromatic heterocycles. The first kappa shape index (κ1) is 20.2. The van der Waals surface area contributed by atoms with Crippen LogP contribution in [0.5, 0.6) is 0 Å². The minimum absolute atomic E-state index is 0.0606. The van der Waals surface area contributed by atoms with Gasteiger partial charge in [0.25, 0.3) is 11.6 Å². The van der Waals surface area contributed by atoms with Gasteiger partial charge in [0.15, 0.2) is 0 Å². The van der Waals surface area contributed by atoms with E-state index < -0.39 is 16.8 Å². The van der Waals surface area contributed by atoms with E-state index in [9.17, 15) is 19.7 Å². The molecule has 3 rings (SSSR count). The maximum atomic E-state index is 12.7. The minimum Gasteiger partial charge on any atom is -0.465 e. The summed E-state index contributed by atoms with van der Waals surface area (Å²) in [7, 11) is 1.28. The van der Waals surface area contributed by atoms with Crippen LogP contribution in [0.15, 0.2) is 47.8 Å². The van der Waals surface area contributed by atoms with Crippen molar-refractivity contribution < 1.29 is 19.2 Å². The third-order valence-electron chi connectivity index (χ3n) is 4.43. The zero-order chi connectivity index (χ0) is 21.1. The summed E-state index contributed by atoms with van der Waals surface area (Å²) in [6.45, 7) is 3.53. The Hall–Kier alpha value is -3.52. The molecule has 0 radical (unpaired) electrons. The van der Waals surface area contributed by atoms with Crippen molar-refractivity contribution in [2.75, 3.05) is 12.4 Å². The molecule has 7 nitrogen and oxygen atoms in total. The molecular weight excluding hydrogens is 392 g/mol. The lowest BCUT2D eigenvalue weighted by Gasteiger charge is -2.08. The Kier molecular flexibility index (Phi) is 5.74. The molecule has 0 fully saturated rings. The molecule has 0 aliphatic carbocycles. The molecule has 3 aromatic rings. The third-order valence-corrected chi connectivity index (χ3v) is 5.32. The number of benzene rings is 2. The van der Waals surface area contributed by atoms with Gasteiger partial charge in [0.1, 0.15) is 10.6 Å². The van der Waals surface area contributed by atoms with Gasteiger partial charge in [-0.1, -0.05) is 29.8 Å². The predicted octanol–water partition coefficient (Wildman–Crippen LogP) is 4.98. The van der Waals surface area contributed by atoms with Crippen LogP contribution in [0.25, 0.3) is 11.1 Å². The zero-order valence-electron chi connectivity index (χ0n) is 16.0. The molecule has 0 aliphatic heterocycles. The number of amides is 1. The molecule has 1 amide bonds. The number of carbonyl (C=O) groups excluding carboxylic acids is 2. The quantitative estimate of drug-likeness (QED) is 0.363. The lowest BCUT2D eigenvalue weighted by molar-refractivity contribution is -0.385. The van der Waals surface area contributed by atoms with Gasteiger partial charge in [-0.3, -0.25) is 14.9 Å². The number of rotatable bonds is 5. The monoisotopic (exact) mass is 410 g/mol. The highest BCUT2D eigenvalue weighted by Gasteiger charge is 2.23. The fraction of sp³-hybridized carbons (Fsp3) is 0.143. The number of nitro groups is 1. The van der Waals surface area contributed by atoms with Crippen molar-refractivity contribution in [2.24, 2.45) is 0 Å². The van der Waals surface area contributed by atoms with Crippen LogP contribution in [0.2, 0.25) is 0 Å². The number of carbonyl (C=O) groups is 2. The Bertz CT molecular complexity index is 1100. The summed E-state index contributed by atoms with van der Waals surface area (Å²) >= 11 is 1.21. The van der Waals surface area contributed by atoms with E-state index >= 15 is 0 Å². The van der Waals surface area contributed by atoms with Crippen molar-refractivity contribution in [1.82, 2.24) is 0 Å². The molecule has 0 unspecified atom stereocenters. The van der Waals surface area contributed by atoms with E-state index in [0.717, 1.165) is 11.1 Å². The number of nitrogens with zero attached hydrogens (tertiary/aromatic N) is 1. The average Bonchev–Trinajstić information content (AvgIpc) is 3.11. The topological polar surface area (TPSA) is 98.5 Å². The molecular formula is C21H18N2O5S. The molecule has 2 aromatic carbocycles. The van der Waals surface area contributed by atoms with E-state index in [2.05, 4.69) is 5.32 Å². The van der Waals surface area contributed by atoms with Crippen molar-refractivity contribution in [3.63, 3.8) is 0 Å². The summed E-state index contributed by atoms with van der Waals surface area (Å²) < 4.78 is 4.91. The van der Waals surface area contributed by atoms with Crippen LogP contribution in [0.3, 0.4) is 0 Å². The van der Waals surface area contributed by atoms with Crippen molar-refractivity contribution >= 4 is 33.9 Å². The van der Waals surface area contributed by atoms with E-state index in [1.807, 2.05) is 31.2 Å². The van der Waals surface area contributed by atoms with Crippen LogP contribution in [0.1, 0.15) is 31.8 Å². The fourth-order valence-electron chi connectivity index (χ4n) is 2.88. The van der Waals surface area contributed by atoms with Crippen molar-refractivity contribution in [1.29, 1.82) is 0 Å². The number of hydrogen-bond acceptors (Lipinski definition) is 6. The van der Waals surface area contributed by atoms with Crippen LogP contribution < -0.4 is 5.32 Å². The first-order valence-electron chi connectivity index (χ1n) is 8.65. The Labute approximate surface area is 171 Å². The van der Waals surface area contributed by atoms with Gasteiger partial charge < -0.3 is 10.1 Å². The SMILES string of the molecule is COC(=O)c1c(-c2ccc(C)cc2)csc1NC(=O)c1ccc([N+](=O)[O-])c(C)c1. The number of nitro benzene ring substituents is 1. The highest BCUT2D eigenvalue weighted by molar-refractivity contribution is 7.15. The van der Waals surface area contributed by atoms with Crippen molar-refractivity contribution in [3.8, 4) is 11.1 Å². The van der Waals surface area contributed by atoms with Gasteiger partial charge in [0.05, 0.1) is 12.0 Å². The maximum absolute atomic E-state index is 12.7. The highest BCUT2D eigenvalue weighted by Crippen LogP contribution is 2.36. The maximum Gasteiger partial charge on any atom is 0.341 e. The fourth-order valence-corrected chi connectivity index (χ4v) is 3.83. The van der Waals surface area contributed by atoms with Crippen LogP contribution in [0, 0.1) is 24.0 Å². The number of methoxy groups -OCH3 is 1. The van der Waals surface area contributed by atoms with Gasteiger partial charge >= 0.3 is 5.97 Å². The van der Waals surface area contributed by atoms with Gasteiger partial charge in [0, 0.05) is 28.1 Å². The van der Waals surface area contributed by atoms with Crippen molar-refractivity contribution in [3.05, 3.63) is 80.2 Å². The second-order valence-corrected chi connectivity index (χ2v) is 7.30. The molecule has 29 heavy (non-hydrogen) atoms. The van der Waals surface area contributed by atoms with Gasteiger partial charge in [-0.25, -0.2) is 4.79 Å². The Balaban J connectivity index is 1.96. The van der Waals surface area contributed by atoms with Gasteiger partial charge in [-0.15, -0.1) is 11.3 Å². The van der Waals surface area contributed by atoms with Gasteiger partial charge in [0.2, 0.25) is 0 Å². The molecule has 0 saturated carbocycles. The van der Waals surface area contributed by atoms with Crippen LogP contribution in [-0.4, -0.2) is 23.9 Å². The van der Waals surface area contributed by atoms with E-state index in [0.29, 0.717) is 16.1 Å². The third kappa shape index (κ3) is 4.17. The zero-order valence-corrected chi connectivity index (χ0v) is 16.8. The molecule has 1 heterocycles. The first-order valence-corrected chi connectivity index (χ1v) is 9.53. The first-order chi connectivity index (χ1) is 13.8. The van der Waals surface area contributed by atoms with Crippen LogP contribution in [0.4, 0.5) is 10.7 Å². The second kappa shape index (κ2) is 8.24. The number of anilines is 1. The van der Waals surface area contributed by atoms with Crippen LogP contribution >= 0.6 is 11.3 Å². The Morgan fingerprint density at radius 1 is 1.10 bits per heavy atom. The highest BCUT2D eigenvalue weighted by atomic mass is 32.1. The molecule has 0 spiro atoms. The van der Waals surface area contributed by atoms with E-state index in [1.54, 1.807) is 12.3 Å². The lowest BCUT2D eigenvalue weighted by atomic mass is 10.0. The van der Waals surface area contributed by atoms with Gasteiger partial charge in [-0.05, 0) is 31.5 Å². The largest absolute Gasteiger partial charge is 0.465 e. The van der Waals surface area contributed by atoms with Crippen LogP contribution in [-0.2, 0) is 4.74 Å². The summed E-state index contributed by atoms with van der Waals surface area (Å²) in [5.41, 5.74) is 3.43. The van der Waals surface area contributed by atoms with Crippen molar-refractivity contribution in [2.45, 2.75) is 13.8 Å². The average molecular weight is 410 g/mol. The minimum atomic E-state index is -0.558. The number of ether oxygens (including phenoxy) is 1. The normalized spacial score (nSPS) is 10.4. The number of nitrogens with one attached hydrogen (secondary N) is 1. The summed E-state index contributed by atoms with van der Waals surface area (Å²) in [4.78, 5) is 35.5. The smallest absolute Gasteiger partial charge is 0.341 e. The Morgan fingerprint density at radius 3 is 2.38 bits per heavy atom. The number of esters is 1. The van der Waals surface area contributed by atoms with E-state index in [-0.39, 0.29) is 16.8 Å². The number of aryl methyl sites for hydroxylation is 2. The lowest BCUT2D eigenvalue weighted by Crippen LogP contribution is -2.14. The summed E-state index contributed by atoms with van der Waals surface area (Å²) in [6.07, 6.45) is 0. The number of thiophene rings is 1. The molecule has 0 aliphatic rings. The molecule has 1 N–H and O–H groups in total. The molecule has 148 valence electrons. The summed E-state index contributed by atoms with van der Waals surface area (Å²) in [5.74, 6) is -1.03. The summed E-state index contributed by atoms with van der Waals surface area (Å²) in [6, 6.07) is 11.8. The standard InChI is InChI=1S/C21H18N2O5S/c1-12-4-6-14(7-5-12)16-11-29-20(18(16)21(25)28-3)22-19(24)15-8-9-17(23(26)27)13(2)10-15/h4-11H,1-3H3,(H,22,24). The van der Waals surface area contributed by atoms with E-state index in [4.69, 9.17) is 4.74 Å². The molecule has 8 heteroatoms. The number of hydrogen-bond donors (Lipinski definition) is 1. The molecule has 0 bridgehead atoms. The molecule has 0 saturated heterocycles. The van der Waals surface area contributed by atoms with Gasteiger partial charge in [-0.2, -0.15) is 0 Å². The summed E-state index contributed by atoms with van der Waals surface area (Å²) in [5, 5.41) is 15.8. The second-order valence-electron chi connectivity index (χ2n) is 6.42. The predicted molar refractivity (Wildman–Crippen MR) is 112 cm³/mol. The van der Waals surface area contributed by atoms with E-state index in [1.165, 1.54) is 36.6 Å². The Morgan fingerprint density at radius 2 is 1.79 bits per heavy atom.